The zero-order valence-electron chi connectivity index (χ0n) is 4.79. The highest BCUT2D eigenvalue weighted by molar-refractivity contribution is 5.72. The van der Waals surface area contributed by atoms with Gasteiger partial charge in [-0.3, -0.25) is 4.79 Å². The Bertz CT molecular complexity index is 144. The molecule has 0 aliphatic carbocycles. The van der Waals surface area contributed by atoms with Gasteiger partial charge in [-0.1, -0.05) is 6.08 Å². The molecule has 0 radical (unpaired) electrons. The summed E-state index contributed by atoms with van der Waals surface area (Å²) in [7, 11) is 0. The first-order valence-corrected chi connectivity index (χ1v) is 2.68. The molecule has 50 valence electrons. The molecule has 0 spiro atoms. The summed E-state index contributed by atoms with van der Waals surface area (Å²) >= 11 is 0. The van der Waals surface area contributed by atoms with Gasteiger partial charge >= 0.3 is 5.97 Å². The van der Waals surface area contributed by atoms with E-state index in [1.54, 1.807) is 12.3 Å². The van der Waals surface area contributed by atoms with Crippen LogP contribution in [0.25, 0.3) is 0 Å². The van der Waals surface area contributed by atoms with Crippen molar-refractivity contribution in [2.24, 2.45) is 5.92 Å². The Balaban J connectivity index is 2.50. The Morgan fingerprint density at radius 1 is 1.78 bits per heavy atom. The smallest absolute Gasteiger partial charge is 0.311 e. The number of hydrogen-bond donors (Lipinski definition) is 3. The lowest BCUT2D eigenvalue weighted by Crippen LogP contribution is -2.38. The summed E-state index contributed by atoms with van der Waals surface area (Å²) in [5, 5.41) is 8.42. The molecule has 1 unspecified atom stereocenters. The molecular formula is C5H8N2O2. The van der Waals surface area contributed by atoms with Gasteiger partial charge in [-0.15, -0.1) is 0 Å². The average molecular weight is 128 g/mol. The van der Waals surface area contributed by atoms with Gasteiger partial charge in [0.05, 0.1) is 5.92 Å². The minimum absolute atomic E-state index is 0.383. The Morgan fingerprint density at radius 2 is 2.56 bits per heavy atom. The van der Waals surface area contributed by atoms with Crippen LogP contribution in [0.5, 0.6) is 0 Å². The third-order valence-corrected chi connectivity index (χ3v) is 1.15. The van der Waals surface area contributed by atoms with E-state index in [0.29, 0.717) is 6.54 Å². The van der Waals surface area contributed by atoms with Crippen LogP contribution in [-0.4, -0.2) is 17.6 Å². The summed E-state index contributed by atoms with van der Waals surface area (Å²) in [6, 6.07) is 0. The van der Waals surface area contributed by atoms with Crippen LogP contribution in [0.3, 0.4) is 0 Å². The van der Waals surface area contributed by atoms with Crippen molar-refractivity contribution in [2.45, 2.75) is 0 Å². The fraction of sp³-hybridized carbons (Fsp3) is 0.400. The summed E-state index contributed by atoms with van der Waals surface area (Å²) in [6.07, 6.45) is 3.20. The lowest BCUT2D eigenvalue weighted by Gasteiger charge is -2.13. The van der Waals surface area contributed by atoms with Crippen molar-refractivity contribution < 1.29 is 9.90 Å². The van der Waals surface area contributed by atoms with Crippen LogP contribution in [0.2, 0.25) is 0 Å². The number of nitrogens with one attached hydrogen (secondary N) is 2. The normalized spacial score (nSPS) is 25.1. The SMILES string of the molecule is O=C(O)C1C=CNNC1. The topological polar surface area (TPSA) is 61.4 Å². The quantitative estimate of drug-likeness (QED) is 0.437. The maximum Gasteiger partial charge on any atom is 0.311 e. The maximum atomic E-state index is 10.2. The molecule has 4 heteroatoms. The summed E-state index contributed by atoms with van der Waals surface area (Å²) in [5.74, 6) is -1.17. The Morgan fingerprint density at radius 3 is 2.89 bits per heavy atom. The van der Waals surface area contributed by atoms with Crippen LogP contribution in [0, 0.1) is 5.92 Å². The van der Waals surface area contributed by atoms with Crippen molar-refractivity contribution in [3.05, 3.63) is 12.3 Å². The number of hydrazine groups is 1. The molecule has 1 aliphatic rings. The van der Waals surface area contributed by atoms with Crippen molar-refractivity contribution in [2.75, 3.05) is 6.54 Å². The molecule has 0 saturated heterocycles. The summed E-state index contributed by atoms with van der Waals surface area (Å²) in [4.78, 5) is 10.2. The second kappa shape index (κ2) is 2.50. The van der Waals surface area contributed by atoms with E-state index in [2.05, 4.69) is 10.9 Å². The van der Waals surface area contributed by atoms with Gasteiger partial charge in [-0.25, -0.2) is 5.43 Å². The van der Waals surface area contributed by atoms with Crippen molar-refractivity contribution in [1.29, 1.82) is 0 Å². The van der Waals surface area contributed by atoms with Gasteiger partial charge in [0.2, 0.25) is 0 Å². The van der Waals surface area contributed by atoms with Gasteiger partial charge < -0.3 is 10.5 Å². The molecule has 3 N–H and O–H groups in total. The van der Waals surface area contributed by atoms with Crippen LogP contribution < -0.4 is 10.9 Å². The van der Waals surface area contributed by atoms with Crippen LogP contribution in [0.15, 0.2) is 12.3 Å². The van der Waals surface area contributed by atoms with Gasteiger partial charge in [0.25, 0.3) is 0 Å². The molecule has 0 bridgehead atoms. The number of rotatable bonds is 1. The number of aliphatic carboxylic acids is 1. The molecule has 0 aromatic carbocycles. The number of carbonyl (C=O) groups is 1. The Hall–Kier alpha value is -1.03. The van der Waals surface area contributed by atoms with E-state index in [0.717, 1.165) is 0 Å². The van der Waals surface area contributed by atoms with E-state index in [9.17, 15) is 4.79 Å². The Kier molecular flexibility index (Phi) is 1.69. The molecule has 1 atom stereocenters. The van der Waals surface area contributed by atoms with Crippen molar-refractivity contribution in [3.63, 3.8) is 0 Å². The lowest BCUT2D eigenvalue weighted by atomic mass is 10.1. The molecule has 0 fully saturated rings. The fourth-order valence-corrected chi connectivity index (χ4v) is 0.630. The van der Waals surface area contributed by atoms with E-state index < -0.39 is 5.97 Å². The van der Waals surface area contributed by atoms with Crippen molar-refractivity contribution in [3.8, 4) is 0 Å². The molecule has 0 saturated carbocycles. The highest BCUT2D eigenvalue weighted by Gasteiger charge is 2.14. The predicted octanol–water partition coefficient (Wildman–Crippen LogP) is -0.691. The molecule has 0 amide bonds. The third kappa shape index (κ3) is 1.43. The van der Waals surface area contributed by atoms with Gasteiger partial charge in [-0.05, 0) is 0 Å². The molecule has 0 aromatic rings. The minimum atomic E-state index is -0.791. The zero-order chi connectivity index (χ0) is 6.69. The van der Waals surface area contributed by atoms with Gasteiger partial charge in [0.1, 0.15) is 0 Å². The summed E-state index contributed by atoms with van der Waals surface area (Å²) < 4.78 is 0. The number of hydrogen-bond acceptors (Lipinski definition) is 3. The maximum absolute atomic E-state index is 10.2. The van der Waals surface area contributed by atoms with Crippen LogP contribution in [0.1, 0.15) is 0 Å². The van der Waals surface area contributed by atoms with E-state index in [1.807, 2.05) is 0 Å². The van der Waals surface area contributed by atoms with Gasteiger partial charge in [0, 0.05) is 12.7 Å². The molecule has 1 aliphatic heterocycles. The number of carboxylic acids is 1. The monoisotopic (exact) mass is 128 g/mol. The van der Waals surface area contributed by atoms with E-state index in [4.69, 9.17) is 5.11 Å². The fourth-order valence-electron chi connectivity index (χ4n) is 0.630. The van der Waals surface area contributed by atoms with Gasteiger partial charge in [-0.2, -0.15) is 0 Å². The van der Waals surface area contributed by atoms with E-state index >= 15 is 0 Å². The molecule has 9 heavy (non-hydrogen) atoms. The first-order chi connectivity index (χ1) is 4.30. The predicted molar refractivity (Wildman–Crippen MR) is 31.4 cm³/mol. The lowest BCUT2D eigenvalue weighted by molar-refractivity contribution is -0.140. The van der Waals surface area contributed by atoms with E-state index in [-0.39, 0.29) is 5.92 Å². The second-order valence-corrected chi connectivity index (χ2v) is 1.83. The van der Waals surface area contributed by atoms with Crippen LogP contribution in [-0.2, 0) is 4.79 Å². The van der Waals surface area contributed by atoms with Crippen molar-refractivity contribution in [1.82, 2.24) is 10.9 Å². The molecule has 1 rings (SSSR count). The highest BCUT2D eigenvalue weighted by Crippen LogP contribution is 1.98. The van der Waals surface area contributed by atoms with Gasteiger partial charge in [0.15, 0.2) is 0 Å². The van der Waals surface area contributed by atoms with Crippen LogP contribution >= 0.6 is 0 Å². The largest absolute Gasteiger partial charge is 0.481 e. The second-order valence-electron chi connectivity index (χ2n) is 1.83. The highest BCUT2D eigenvalue weighted by atomic mass is 16.4. The summed E-state index contributed by atoms with van der Waals surface area (Å²) in [6.45, 7) is 0.450. The molecule has 0 aromatic heterocycles. The van der Waals surface area contributed by atoms with Crippen molar-refractivity contribution >= 4 is 5.97 Å². The Labute approximate surface area is 52.5 Å². The summed E-state index contributed by atoms with van der Waals surface area (Å²) in [5.41, 5.74) is 5.37. The average Bonchev–Trinajstić information content (AvgIpc) is 1.90. The third-order valence-electron chi connectivity index (χ3n) is 1.15. The van der Waals surface area contributed by atoms with Crippen LogP contribution in [0.4, 0.5) is 0 Å². The van der Waals surface area contributed by atoms with E-state index in [1.165, 1.54) is 0 Å². The standard InChI is InChI=1S/C5H8N2O2/c8-5(9)4-1-2-6-7-3-4/h1-2,4,6-7H,3H2,(H,8,9). The molecule has 1 heterocycles. The zero-order valence-corrected chi connectivity index (χ0v) is 4.79. The first kappa shape index (κ1) is 6.10. The first-order valence-electron chi connectivity index (χ1n) is 2.68. The molecule has 4 nitrogen and oxygen atoms in total. The number of carboxylic acid groups (broad SMARTS) is 1. The minimum Gasteiger partial charge on any atom is -0.481 e. The molecular weight excluding hydrogens is 120 g/mol.